The lowest BCUT2D eigenvalue weighted by atomic mass is 10.0. The quantitative estimate of drug-likeness (QED) is 0.567. The smallest absolute Gasteiger partial charge is 0.307 e. The van der Waals surface area contributed by atoms with E-state index in [-0.39, 0.29) is 12.1 Å². The molecule has 4 nitrogen and oxygen atoms in total. The normalized spacial score (nSPS) is 17.8. The second-order valence-electron chi connectivity index (χ2n) is 3.39. The molecule has 0 amide bonds. The molecule has 0 fully saturated rings. The van der Waals surface area contributed by atoms with Crippen molar-refractivity contribution in [2.45, 2.75) is 39.3 Å². The van der Waals surface area contributed by atoms with E-state index in [0.717, 1.165) is 0 Å². The molecule has 0 aliphatic rings. The Bertz CT molecular complexity index is 161. The minimum Gasteiger partial charge on any atom is -0.481 e. The third-order valence-electron chi connectivity index (χ3n) is 2.29. The van der Waals surface area contributed by atoms with E-state index in [1.807, 2.05) is 6.92 Å². The molecule has 0 radical (unpaired) electrons. The van der Waals surface area contributed by atoms with E-state index in [4.69, 9.17) is 5.11 Å². The number of rotatable bonds is 6. The van der Waals surface area contributed by atoms with E-state index in [0.29, 0.717) is 13.0 Å². The summed E-state index contributed by atoms with van der Waals surface area (Å²) >= 11 is 0. The van der Waals surface area contributed by atoms with E-state index < -0.39 is 11.9 Å². The summed E-state index contributed by atoms with van der Waals surface area (Å²) in [7, 11) is 0. The molecule has 13 heavy (non-hydrogen) atoms. The first-order chi connectivity index (χ1) is 5.99. The van der Waals surface area contributed by atoms with E-state index >= 15 is 0 Å². The molecular formula is C9H19NO3. The number of carboxylic acid groups (broad SMARTS) is 1. The standard InChI is InChI=1S/C9H19NO3/c1-4-8(11)5-10-7(3)6(2)9(12)13/h6-8,10-11H,4-5H2,1-3H3,(H,12,13). The van der Waals surface area contributed by atoms with Crippen molar-refractivity contribution in [1.82, 2.24) is 5.32 Å². The third-order valence-corrected chi connectivity index (χ3v) is 2.29. The Morgan fingerprint density at radius 2 is 2.00 bits per heavy atom. The highest BCUT2D eigenvalue weighted by atomic mass is 16.4. The van der Waals surface area contributed by atoms with Crippen LogP contribution in [-0.2, 0) is 4.79 Å². The molecule has 0 aliphatic carbocycles. The maximum Gasteiger partial charge on any atom is 0.307 e. The van der Waals surface area contributed by atoms with Crippen molar-refractivity contribution in [3.63, 3.8) is 0 Å². The van der Waals surface area contributed by atoms with Crippen molar-refractivity contribution in [1.29, 1.82) is 0 Å². The Kier molecular flexibility index (Phi) is 5.66. The van der Waals surface area contributed by atoms with Gasteiger partial charge in [0.2, 0.25) is 0 Å². The van der Waals surface area contributed by atoms with Gasteiger partial charge in [-0.2, -0.15) is 0 Å². The number of aliphatic hydroxyl groups is 1. The van der Waals surface area contributed by atoms with E-state index in [1.54, 1.807) is 13.8 Å². The van der Waals surface area contributed by atoms with Crippen LogP contribution in [0.4, 0.5) is 0 Å². The number of aliphatic carboxylic acids is 1. The number of aliphatic hydroxyl groups excluding tert-OH is 1. The second-order valence-corrected chi connectivity index (χ2v) is 3.39. The molecule has 0 spiro atoms. The summed E-state index contributed by atoms with van der Waals surface area (Å²) < 4.78 is 0. The Hall–Kier alpha value is -0.610. The van der Waals surface area contributed by atoms with Gasteiger partial charge in [0, 0.05) is 12.6 Å². The molecule has 0 aromatic rings. The van der Waals surface area contributed by atoms with Crippen LogP contribution in [0.25, 0.3) is 0 Å². The lowest BCUT2D eigenvalue weighted by molar-refractivity contribution is -0.142. The van der Waals surface area contributed by atoms with Crippen LogP contribution in [0.5, 0.6) is 0 Å². The molecule has 0 aromatic carbocycles. The number of carbonyl (C=O) groups is 1. The van der Waals surface area contributed by atoms with Crippen LogP contribution in [-0.4, -0.2) is 34.9 Å². The molecule has 3 atom stereocenters. The predicted octanol–water partition coefficient (Wildman–Crippen LogP) is 0.456. The lowest BCUT2D eigenvalue weighted by Crippen LogP contribution is -2.40. The van der Waals surface area contributed by atoms with Gasteiger partial charge in [-0.25, -0.2) is 0 Å². The van der Waals surface area contributed by atoms with E-state index in [2.05, 4.69) is 5.32 Å². The number of carboxylic acids is 1. The summed E-state index contributed by atoms with van der Waals surface area (Å²) in [5, 5.41) is 20.9. The van der Waals surface area contributed by atoms with Crippen molar-refractivity contribution in [2.75, 3.05) is 6.54 Å². The van der Waals surface area contributed by atoms with Gasteiger partial charge in [-0.15, -0.1) is 0 Å². The first-order valence-corrected chi connectivity index (χ1v) is 4.63. The second kappa shape index (κ2) is 5.94. The summed E-state index contributed by atoms with van der Waals surface area (Å²) in [4.78, 5) is 10.6. The Morgan fingerprint density at radius 3 is 2.38 bits per heavy atom. The molecule has 78 valence electrons. The van der Waals surface area contributed by atoms with Crippen LogP contribution in [0, 0.1) is 5.92 Å². The lowest BCUT2D eigenvalue weighted by Gasteiger charge is -2.19. The molecular weight excluding hydrogens is 170 g/mol. The van der Waals surface area contributed by atoms with Gasteiger partial charge in [0.1, 0.15) is 0 Å². The average Bonchev–Trinajstić information content (AvgIpc) is 2.11. The van der Waals surface area contributed by atoms with Crippen LogP contribution in [0.1, 0.15) is 27.2 Å². The highest BCUT2D eigenvalue weighted by molar-refractivity contribution is 5.70. The van der Waals surface area contributed by atoms with Crippen LogP contribution < -0.4 is 5.32 Å². The third kappa shape index (κ3) is 4.85. The van der Waals surface area contributed by atoms with E-state index in [9.17, 15) is 9.90 Å². The Morgan fingerprint density at radius 1 is 1.46 bits per heavy atom. The predicted molar refractivity (Wildman–Crippen MR) is 50.6 cm³/mol. The van der Waals surface area contributed by atoms with Crippen molar-refractivity contribution in [3.8, 4) is 0 Å². The summed E-state index contributed by atoms with van der Waals surface area (Å²) in [5.41, 5.74) is 0. The van der Waals surface area contributed by atoms with E-state index in [1.165, 1.54) is 0 Å². The molecule has 0 aliphatic heterocycles. The minimum atomic E-state index is -0.814. The topological polar surface area (TPSA) is 69.6 Å². The SMILES string of the molecule is CCC(O)CNC(C)C(C)C(=O)O. The Balaban J connectivity index is 3.73. The number of hydrogen-bond acceptors (Lipinski definition) is 3. The molecule has 4 heteroatoms. The molecule has 0 heterocycles. The molecule has 3 unspecified atom stereocenters. The fourth-order valence-electron chi connectivity index (χ4n) is 0.857. The van der Waals surface area contributed by atoms with Gasteiger partial charge < -0.3 is 15.5 Å². The molecule has 0 bridgehead atoms. The van der Waals surface area contributed by atoms with Gasteiger partial charge >= 0.3 is 5.97 Å². The summed E-state index contributed by atoms with van der Waals surface area (Å²) in [5.74, 6) is -1.24. The van der Waals surface area contributed by atoms with Gasteiger partial charge in [0.15, 0.2) is 0 Å². The fraction of sp³-hybridized carbons (Fsp3) is 0.889. The highest BCUT2D eigenvalue weighted by Crippen LogP contribution is 2.02. The number of hydrogen-bond donors (Lipinski definition) is 3. The molecule has 0 rings (SSSR count). The van der Waals surface area contributed by atoms with Gasteiger partial charge in [-0.3, -0.25) is 4.79 Å². The molecule has 0 saturated carbocycles. The maximum atomic E-state index is 10.6. The molecule has 3 N–H and O–H groups in total. The Labute approximate surface area is 79.0 Å². The van der Waals surface area contributed by atoms with Gasteiger partial charge in [0.05, 0.1) is 12.0 Å². The van der Waals surface area contributed by atoms with Crippen LogP contribution in [0.15, 0.2) is 0 Å². The zero-order valence-electron chi connectivity index (χ0n) is 8.45. The minimum absolute atomic E-state index is 0.112. The molecule has 0 saturated heterocycles. The van der Waals surface area contributed by atoms with Crippen molar-refractivity contribution in [3.05, 3.63) is 0 Å². The van der Waals surface area contributed by atoms with Crippen LogP contribution >= 0.6 is 0 Å². The highest BCUT2D eigenvalue weighted by Gasteiger charge is 2.18. The summed E-state index contributed by atoms with van der Waals surface area (Å²) in [6.45, 7) is 5.80. The number of nitrogens with one attached hydrogen (secondary N) is 1. The first-order valence-electron chi connectivity index (χ1n) is 4.63. The van der Waals surface area contributed by atoms with Gasteiger partial charge in [-0.05, 0) is 13.3 Å². The summed E-state index contributed by atoms with van der Waals surface area (Å²) in [6.07, 6.45) is 0.296. The van der Waals surface area contributed by atoms with Gasteiger partial charge in [-0.1, -0.05) is 13.8 Å². The van der Waals surface area contributed by atoms with Crippen LogP contribution in [0.2, 0.25) is 0 Å². The average molecular weight is 189 g/mol. The zero-order chi connectivity index (χ0) is 10.4. The fourth-order valence-corrected chi connectivity index (χ4v) is 0.857. The maximum absolute atomic E-state index is 10.6. The zero-order valence-corrected chi connectivity index (χ0v) is 8.45. The summed E-state index contributed by atoms with van der Waals surface area (Å²) in [6, 6.07) is -0.112. The largest absolute Gasteiger partial charge is 0.481 e. The van der Waals surface area contributed by atoms with Crippen LogP contribution in [0.3, 0.4) is 0 Å². The van der Waals surface area contributed by atoms with Crippen molar-refractivity contribution >= 4 is 5.97 Å². The van der Waals surface area contributed by atoms with Crippen molar-refractivity contribution in [2.24, 2.45) is 5.92 Å². The van der Waals surface area contributed by atoms with Crippen molar-refractivity contribution < 1.29 is 15.0 Å². The van der Waals surface area contributed by atoms with Gasteiger partial charge in [0.25, 0.3) is 0 Å². The first kappa shape index (κ1) is 12.4. The molecule has 0 aromatic heterocycles. The monoisotopic (exact) mass is 189 g/mol.